The Bertz CT molecular complexity index is 767. The van der Waals surface area contributed by atoms with E-state index in [1.54, 1.807) is 25.3 Å². The maximum absolute atomic E-state index is 12.2. The molecule has 0 atom stereocenters. The average molecular weight is 366 g/mol. The van der Waals surface area contributed by atoms with Gasteiger partial charge in [-0.25, -0.2) is 8.42 Å². The van der Waals surface area contributed by atoms with Gasteiger partial charge in [0.25, 0.3) is 0 Å². The summed E-state index contributed by atoms with van der Waals surface area (Å²) in [6, 6.07) is 7.64. The minimum Gasteiger partial charge on any atom is -0.383 e. The van der Waals surface area contributed by atoms with Gasteiger partial charge in [0, 0.05) is 25.3 Å². The van der Waals surface area contributed by atoms with Crippen LogP contribution in [0.15, 0.2) is 47.6 Å². The Morgan fingerprint density at radius 3 is 2.54 bits per heavy atom. The Balaban J connectivity index is 1.99. The molecule has 0 unspecified atom stereocenters. The summed E-state index contributed by atoms with van der Waals surface area (Å²) in [4.78, 5) is 7.59. The smallest absolute Gasteiger partial charge is 0.229 e. The maximum atomic E-state index is 12.2. The summed E-state index contributed by atoms with van der Waals surface area (Å²) in [6.45, 7) is 1.10. The number of sulfonamides is 1. The van der Waals surface area contributed by atoms with Crippen LogP contribution in [0.3, 0.4) is 0 Å². The van der Waals surface area contributed by atoms with Gasteiger partial charge in [0.1, 0.15) is 0 Å². The zero-order valence-corrected chi connectivity index (χ0v) is 14.5. The summed E-state index contributed by atoms with van der Waals surface area (Å²) in [6.07, 6.45) is 2.85. The number of anilines is 1. The van der Waals surface area contributed by atoms with Crippen LogP contribution in [0, 0.1) is 0 Å². The van der Waals surface area contributed by atoms with E-state index in [1.165, 1.54) is 24.5 Å². The van der Waals surface area contributed by atoms with Crippen molar-refractivity contribution >= 4 is 39.0 Å². The molecule has 0 saturated heterocycles. The van der Waals surface area contributed by atoms with E-state index in [1.807, 2.05) is 0 Å². The lowest BCUT2D eigenvalue weighted by molar-refractivity contribution is 0.204. The Kier molecular flexibility index (Phi) is 6.41. The second-order valence-electron chi connectivity index (χ2n) is 4.51. The van der Waals surface area contributed by atoms with Crippen molar-refractivity contribution in [1.82, 2.24) is 15.3 Å². The van der Waals surface area contributed by atoms with Crippen molar-refractivity contribution in [3.05, 3.63) is 47.4 Å². The normalized spacial score (nSPS) is 10.9. The molecule has 2 N–H and O–H groups in total. The molecule has 0 fully saturated rings. The molecule has 1 heterocycles. The van der Waals surface area contributed by atoms with Crippen molar-refractivity contribution in [2.75, 3.05) is 25.6 Å². The lowest BCUT2D eigenvalue weighted by Gasteiger charge is -2.13. The molecule has 8 nitrogen and oxygen atoms in total. The highest BCUT2D eigenvalue weighted by Gasteiger charge is 2.11. The minimum atomic E-state index is -3.87. The topological polar surface area (TPSA) is 107 Å². The first-order chi connectivity index (χ1) is 11.5. The molecule has 0 aliphatic rings. The van der Waals surface area contributed by atoms with Gasteiger partial charge in [-0.1, -0.05) is 6.07 Å². The third-order valence-electron chi connectivity index (χ3n) is 2.76. The van der Waals surface area contributed by atoms with Crippen LogP contribution in [0.1, 0.15) is 0 Å². The lowest BCUT2D eigenvalue weighted by atomic mass is 10.3. The zero-order chi connectivity index (χ0) is 17.4. The number of aromatic nitrogens is 2. The van der Waals surface area contributed by atoms with Gasteiger partial charge >= 0.3 is 0 Å². The summed E-state index contributed by atoms with van der Waals surface area (Å²) in [5, 5.41) is 6.32. The van der Waals surface area contributed by atoms with E-state index in [0.717, 1.165) is 0 Å². The molecule has 0 amide bonds. The number of hydrogen-bond acceptors (Lipinski definition) is 6. The molecule has 0 aliphatic heterocycles. The Morgan fingerprint density at radius 2 is 1.92 bits per heavy atom. The molecule has 10 heteroatoms. The average Bonchev–Trinajstić information content (AvgIpc) is 2.56. The van der Waals surface area contributed by atoms with Gasteiger partial charge in [0.15, 0.2) is 5.11 Å². The molecule has 2 aromatic rings. The second kappa shape index (κ2) is 8.52. The van der Waals surface area contributed by atoms with Crippen LogP contribution < -0.4 is 10.6 Å². The first-order valence-electron chi connectivity index (χ1n) is 6.90. The fraction of sp³-hybridized carbons (Fsp3) is 0.214. The molecule has 1 aromatic carbocycles. The molecule has 1 aromatic heterocycles. The van der Waals surface area contributed by atoms with Crippen LogP contribution >= 0.6 is 12.2 Å². The number of benzene rings is 1. The van der Waals surface area contributed by atoms with Crippen molar-refractivity contribution in [3.63, 3.8) is 0 Å². The van der Waals surface area contributed by atoms with Gasteiger partial charge in [0.2, 0.25) is 10.0 Å². The highest BCUT2D eigenvalue weighted by atomic mass is 32.2. The third-order valence-corrected chi connectivity index (χ3v) is 4.27. The van der Waals surface area contributed by atoms with Crippen LogP contribution in [-0.2, 0) is 14.8 Å². The molecule has 0 aliphatic carbocycles. The van der Waals surface area contributed by atoms with E-state index >= 15 is 0 Å². The van der Waals surface area contributed by atoms with Crippen LogP contribution in [-0.4, -0.2) is 43.8 Å². The number of methoxy groups -OCH3 is 1. The van der Waals surface area contributed by atoms with Crippen molar-refractivity contribution in [1.29, 1.82) is 0 Å². The number of ether oxygens (including phenoxy) is 1. The Labute approximate surface area is 145 Å². The van der Waals surface area contributed by atoms with Gasteiger partial charge < -0.3 is 25.3 Å². The molecule has 0 spiro atoms. The van der Waals surface area contributed by atoms with Gasteiger partial charge in [0.05, 0.1) is 11.5 Å². The lowest BCUT2D eigenvalue weighted by Crippen LogP contribution is -2.31. The predicted molar refractivity (Wildman–Crippen MR) is 94.8 cm³/mol. The van der Waals surface area contributed by atoms with Crippen LogP contribution in [0.5, 0.6) is 0 Å². The van der Waals surface area contributed by atoms with Crippen LogP contribution in [0.2, 0.25) is 0 Å². The molecule has 128 valence electrons. The molecular formula is C14H16N5O3S2-. The predicted octanol–water partition coefficient (Wildman–Crippen LogP) is 1.80. The van der Waals surface area contributed by atoms with Gasteiger partial charge in [-0.2, -0.15) is 0 Å². The van der Waals surface area contributed by atoms with Crippen molar-refractivity contribution < 1.29 is 13.2 Å². The van der Waals surface area contributed by atoms with E-state index in [2.05, 4.69) is 25.3 Å². The number of rotatable bonds is 7. The highest BCUT2D eigenvalue weighted by molar-refractivity contribution is 7.94. The maximum Gasteiger partial charge on any atom is 0.229 e. The van der Waals surface area contributed by atoms with E-state index in [9.17, 15) is 8.42 Å². The second-order valence-corrected chi connectivity index (χ2v) is 6.53. The van der Waals surface area contributed by atoms with E-state index in [-0.39, 0.29) is 10.8 Å². The summed E-state index contributed by atoms with van der Waals surface area (Å²) >= 11 is 5.11. The number of thiocarbonyl (C=S) groups is 1. The largest absolute Gasteiger partial charge is 0.383 e. The SMILES string of the molecule is COCCNC(=S)Nc1ccc(S(=O)(=O)[N-]c2ncccn2)cc1. The minimum absolute atomic E-state index is 0.0405. The highest BCUT2D eigenvalue weighted by Crippen LogP contribution is 2.24. The number of nitrogens with zero attached hydrogens (tertiary/aromatic N) is 3. The van der Waals surface area contributed by atoms with Crippen LogP contribution in [0.25, 0.3) is 4.72 Å². The Morgan fingerprint density at radius 1 is 1.25 bits per heavy atom. The fourth-order valence-electron chi connectivity index (χ4n) is 1.65. The Hall–Kier alpha value is -2.30. The molecule has 0 saturated carbocycles. The monoisotopic (exact) mass is 366 g/mol. The molecule has 24 heavy (non-hydrogen) atoms. The van der Waals surface area contributed by atoms with E-state index in [4.69, 9.17) is 17.0 Å². The summed E-state index contributed by atoms with van der Waals surface area (Å²) < 4.78 is 32.9. The van der Waals surface area contributed by atoms with Gasteiger partial charge in [-0.3, -0.25) is 4.72 Å². The molecule has 2 rings (SSSR count). The number of hydrogen-bond donors (Lipinski definition) is 2. The molecule has 0 bridgehead atoms. The summed E-state index contributed by atoms with van der Waals surface area (Å²) in [5.74, 6) is -0.108. The van der Waals surface area contributed by atoms with Crippen molar-refractivity contribution in [3.8, 4) is 0 Å². The van der Waals surface area contributed by atoms with Crippen LogP contribution in [0.4, 0.5) is 11.6 Å². The third kappa shape index (κ3) is 5.41. The van der Waals surface area contributed by atoms with E-state index < -0.39 is 10.0 Å². The first kappa shape index (κ1) is 18.0. The summed E-state index contributed by atoms with van der Waals surface area (Å²) in [5.41, 5.74) is 0.653. The molecular weight excluding hydrogens is 350 g/mol. The number of nitrogens with one attached hydrogen (secondary N) is 2. The van der Waals surface area contributed by atoms with Gasteiger partial charge in [-0.05, 0) is 48.9 Å². The fourth-order valence-corrected chi connectivity index (χ4v) is 2.77. The standard InChI is InChI=1S/C14H17N5O3S2/c1-22-10-9-17-14(23)18-11-3-5-12(6-4-11)24(20,21)19-13-15-7-2-8-16-13/h2-8H,9-10H2,1H3,(H3,15,16,17,18,19,23)/p-1. The summed E-state index contributed by atoms with van der Waals surface area (Å²) in [7, 11) is -2.27. The quantitative estimate of drug-likeness (QED) is 0.564. The van der Waals surface area contributed by atoms with E-state index in [0.29, 0.717) is 24.0 Å². The molecule has 0 radical (unpaired) electrons. The van der Waals surface area contributed by atoms with Crippen molar-refractivity contribution in [2.45, 2.75) is 4.90 Å². The van der Waals surface area contributed by atoms with Gasteiger partial charge in [-0.15, -0.1) is 0 Å². The first-order valence-corrected chi connectivity index (χ1v) is 8.75. The van der Waals surface area contributed by atoms with Crippen molar-refractivity contribution in [2.24, 2.45) is 0 Å². The zero-order valence-electron chi connectivity index (χ0n) is 12.8.